The molecule has 0 fully saturated rings. The van der Waals surface area contributed by atoms with E-state index in [4.69, 9.17) is 0 Å². The number of nitro groups is 1. The number of rotatable bonds is 1. The molecule has 1 aromatic carbocycles. The second kappa shape index (κ2) is 6.81. The van der Waals surface area contributed by atoms with Gasteiger partial charge >= 0.3 is 0 Å². The molecule has 0 aliphatic rings. The number of hydrogen-bond acceptors (Lipinski definition) is 3. The molecule has 1 N–H and O–H groups in total. The average Bonchev–Trinajstić information content (AvgIpc) is 2.16. The number of phenols is 1. The molecule has 0 heterocycles. The van der Waals surface area contributed by atoms with Gasteiger partial charge < -0.3 is 5.11 Å². The fourth-order valence-electron chi connectivity index (χ4n) is 1.04. The Morgan fingerprint density at radius 1 is 1.20 bits per heavy atom. The van der Waals surface area contributed by atoms with E-state index in [1.807, 2.05) is 13.8 Å². The molecule has 0 bridgehead atoms. The molecule has 1 rings (SSSR count). The van der Waals surface area contributed by atoms with Crippen LogP contribution in [0, 0.1) is 24.0 Å². The quantitative estimate of drug-likeness (QED) is 0.572. The van der Waals surface area contributed by atoms with Crippen molar-refractivity contribution < 1.29 is 10.0 Å². The molecule has 4 heteroatoms. The Bertz CT molecular complexity index is 312. The topological polar surface area (TPSA) is 63.4 Å². The summed E-state index contributed by atoms with van der Waals surface area (Å²) in [4.78, 5) is 9.87. The summed E-state index contributed by atoms with van der Waals surface area (Å²) in [6.07, 6.45) is 0. The van der Waals surface area contributed by atoms with E-state index in [1.54, 1.807) is 13.8 Å². The van der Waals surface area contributed by atoms with Crippen LogP contribution >= 0.6 is 0 Å². The molecule has 86 valence electrons. The number of nitrogens with zero attached hydrogens (tertiary/aromatic N) is 1. The zero-order valence-corrected chi connectivity index (χ0v) is 8.87. The molecule has 0 unspecified atom stereocenters. The summed E-state index contributed by atoms with van der Waals surface area (Å²) in [7, 11) is 0. The molecule has 0 atom stereocenters. The molecule has 0 aromatic heterocycles. The lowest BCUT2D eigenvalue weighted by atomic mass is 10.1. The van der Waals surface area contributed by atoms with Crippen LogP contribution in [-0.4, -0.2) is 10.0 Å². The van der Waals surface area contributed by atoms with E-state index < -0.39 is 4.92 Å². The number of hydrogen-bond donors (Lipinski definition) is 1. The lowest BCUT2D eigenvalue weighted by molar-refractivity contribution is -0.385. The highest BCUT2D eigenvalue weighted by molar-refractivity contribution is 5.47. The Morgan fingerprint density at radius 3 is 1.80 bits per heavy atom. The van der Waals surface area contributed by atoms with Gasteiger partial charge in [0.25, 0.3) is 5.69 Å². The number of non-ortho nitro benzene ring substituents is 1. The number of benzene rings is 1. The lowest BCUT2D eigenvalue weighted by Gasteiger charge is -2.01. The maximum Gasteiger partial charge on any atom is 0.270 e. The van der Waals surface area contributed by atoms with Crippen molar-refractivity contribution in [2.45, 2.75) is 35.1 Å². The van der Waals surface area contributed by atoms with Gasteiger partial charge in [-0.3, -0.25) is 10.1 Å². The molecular formula is C11H19NO3. The van der Waals surface area contributed by atoms with Gasteiger partial charge in [0.2, 0.25) is 0 Å². The minimum absolute atomic E-state index is 0. The predicted octanol–water partition coefficient (Wildman–Crippen LogP) is 3.58. The molecule has 0 amide bonds. The van der Waals surface area contributed by atoms with Gasteiger partial charge in [-0.15, -0.1) is 0 Å². The van der Waals surface area contributed by atoms with E-state index in [2.05, 4.69) is 0 Å². The highest BCUT2D eigenvalue weighted by Gasteiger charge is 2.10. The first-order valence-corrected chi connectivity index (χ1v) is 4.47. The maximum atomic E-state index is 10.3. The van der Waals surface area contributed by atoms with Crippen LogP contribution in [0.3, 0.4) is 0 Å². The van der Waals surface area contributed by atoms with Crippen LogP contribution < -0.4 is 0 Å². The molecular weight excluding hydrogens is 194 g/mol. The number of aromatic hydroxyl groups is 1. The Morgan fingerprint density at radius 2 is 1.53 bits per heavy atom. The Balaban J connectivity index is 0. The van der Waals surface area contributed by atoms with Crippen LogP contribution in [0.25, 0.3) is 0 Å². The van der Waals surface area contributed by atoms with E-state index in [0.717, 1.165) is 0 Å². The minimum atomic E-state index is -0.473. The van der Waals surface area contributed by atoms with Gasteiger partial charge in [-0.05, 0) is 25.0 Å². The number of nitro benzene ring substituents is 1. The Hall–Kier alpha value is -1.58. The van der Waals surface area contributed by atoms with Crippen molar-refractivity contribution in [1.29, 1.82) is 0 Å². The molecule has 0 saturated heterocycles. The second-order valence-electron chi connectivity index (χ2n) is 2.69. The molecule has 0 aliphatic carbocycles. The fraction of sp³-hybridized carbons (Fsp3) is 0.455. The van der Waals surface area contributed by atoms with Gasteiger partial charge in [0.05, 0.1) is 4.92 Å². The first-order chi connectivity index (χ1) is 6.52. The monoisotopic (exact) mass is 213 g/mol. The molecule has 0 radical (unpaired) electrons. The van der Waals surface area contributed by atoms with E-state index >= 15 is 0 Å². The van der Waals surface area contributed by atoms with Crippen molar-refractivity contribution in [1.82, 2.24) is 0 Å². The molecule has 0 saturated carbocycles. The van der Waals surface area contributed by atoms with Gasteiger partial charge in [0.15, 0.2) is 0 Å². The summed E-state index contributed by atoms with van der Waals surface area (Å²) >= 11 is 0. The molecule has 4 nitrogen and oxygen atoms in total. The van der Waals surface area contributed by atoms with Crippen LogP contribution in [0.5, 0.6) is 5.75 Å². The smallest absolute Gasteiger partial charge is 0.270 e. The second-order valence-corrected chi connectivity index (χ2v) is 2.69. The van der Waals surface area contributed by atoms with Crippen molar-refractivity contribution in [3.63, 3.8) is 0 Å². The third-order valence-electron chi connectivity index (χ3n) is 1.69. The van der Waals surface area contributed by atoms with Crippen molar-refractivity contribution in [2.75, 3.05) is 0 Å². The maximum absolute atomic E-state index is 10.3. The lowest BCUT2D eigenvalue weighted by Crippen LogP contribution is -1.90. The van der Waals surface area contributed by atoms with Gasteiger partial charge in [0, 0.05) is 12.1 Å². The van der Waals surface area contributed by atoms with Crippen molar-refractivity contribution in [3.05, 3.63) is 33.4 Å². The standard InChI is InChI=1S/C8H9NO3.C2H6.CH4/c1-5-3-7(9(11)12)4-6(2)8(5)10;1-2;/h3-4,10H,1-2H3;1-2H3;1H4. The third kappa shape index (κ3) is 3.97. The zero-order valence-electron chi connectivity index (χ0n) is 8.87. The third-order valence-corrected chi connectivity index (χ3v) is 1.69. The van der Waals surface area contributed by atoms with Gasteiger partial charge in [0.1, 0.15) is 5.75 Å². The van der Waals surface area contributed by atoms with Gasteiger partial charge in [-0.2, -0.15) is 0 Å². The van der Waals surface area contributed by atoms with Crippen LogP contribution in [0.1, 0.15) is 32.4 Å². The van der Waals surface area contributed by atoms with Crippen molar-refractivity contribution in [3.8, 4) is 5.75 Å². The van der Waals surface area contributed by atoms with E-state index in [1.165, 1.54) is 12.1 Å². The Kier molecular flexibility index (Phi) is 7.21. The van der Waals surface area contributed by atoms with Crippen molar-refractivity contribution >= 4 is 5.69 Å². The summed E-state index contributed by atoms with van der Waals surface area (Å²) < 4.78 is 0. The van der Waals surface area contributed by atoms with E-state index in [0.29, 0.717) is 11.1 Å². The van der Waals surface area contributed by atoms with Gasteiger partial charge in [-0.25, -0.2) is 0 Å². The van der Waals surface area contributed by atoms with Crippen LogP contribution in [-0.2, 0) is 0 Å². The molecule has 15 heavy (non-hydrogen) atoms. The molecule has 0 spiro atoms. The number of phenolic OH excluding ortho intramolecular Hbond substituents is 1. The fourth-order valence-corrected chi connectivity index (χ4v) is 1.04. The summed E-state index contributed by atoms with van der Waals surface area (Å²) in [6, 6.07) is 2.70. The first-order valence-electron chi connectivity index (χ1n) is 4.47. The predicted molar refractivity (Wildman–Crippen MR) is 62.3 cm³/mol. The molecule has 1 aromatic rings. The molecule has 0 aliphatic heterocycles. The highest BCUT2D eigenvalue weighted by atomic mass is 16.6. The van der Waals surface area contributed by atoms with E-state index in [9.17, 15) is 15.2 Å². The summed E-state index contributed by atoms with van der Waals surface area (Å²) in [6.45, 7) is 7.27. The number of aryl methyl sites for hydroxylation is 2. The summed E-state index contributed by atoms with van der Waals surface area (Å²) in [5.74, 6) is 0.126. The van der Waals surface area contributed by atoms with Crippen LogP contribution in [0.2, 0.25) is 0 Å². The largest absolute Gasteiger partial charge is 0.507 e. The van der Waals surface area contributed by atoms with Crippen molar-refractivity contribution in [2.24, 2.45) is 0 Å². The minimum Gasteiger partial charge on any atom is -0.507 e. The van der Waals surface area contributed by atoms with E-state index in [-0.39, 0.29) is 18.9 Å². The first kappa shape index (κ1) is 15.9. The summed E-state index contributed by atoms with van der Waals surface area (Å²) in [5, 5.41) is 19.6. The Labute approximate surface area is 90.7 Å². The average molecular weight is 213 g/mol. The van der Waals surface area contributed by atoms with Crippen LogP contribution in [0.15, 0.2) is 12.1 Å². The zero-order chi connectivity index (χ0) is 11.3. The van der Waals surface area contributed by atoms with Gasteiger partial charge in [-0.1, -0.05) is 21.3 Å². The SMILES string of the molecule is C.CC.Cc1cc([N+](=O)[O-])cc(C)c1O. The normalized spacial score (nSPS) is 8.27. The summed E-state index contributed by atoms with van der Waals surface area (Å²) in [5.41, 5.74) is 1.08. The highest BCUT2D eigenvalue weighted by Crippen LogP contribution is 2.26. The van der Waals surface area contributed by atoms with Crippen LogP contribution in [0.4, 0.5) is 5.69 Å².